The van der Waals surface area contributed by atoms with Gasteiger partial charge >= 0.3 is 0 Å². The maximum atomic E-state index is 12.2. The number of hydrogen-bond acceptors (Lipinski definition) is 4. The van der Waals surface area contributed by atoms with Crippen LogP contribution < -0.4 is 5.32 Å². The van der Waals surface area contributed by atoms with Gasteiger partial charge < -0.3 is 5.32 Å². The van der Waals surface area contributed by atoms with Gasteiger partial charge in [0.05, 0.1) is 5.52 Å². The summed E-state index contributed by atoms with van der Waals surface area (Å²) in [5.74, 6) is 2.12. The summed E-state index contributed by atoms with van der Waals surface area (Å²) < 4.78 is 0. The molecule has 2 aromatic rings. The highest BCUT2D eigenvalue weighted by atomic mass is 32.2. The monoisotopic (exact) mass is 287 g/mol. The highest BCUT2D eigenvalue weighted by molar-refractivity contribution is 7.99. The van der Waals surface area contributed by atoms with Crippen molar-refractivity contribution in [3.8, 4) is 0 Å². The van der Waals surface area contributed by atoms with Crippen LogP contribution in [-0.2, 0) is 0 Å². The normalized spacial score (nSPS) is 16.2. The lowest BCUT2D eigenvalue weighted by Gasteiger charge is -2.22. The van der Waals surface area contributed by atoms with Crippen LogP contribution in [-0.4, -0.2) is 33.7 Å². The van der Waals surface area contributed by atoms with E-state index in [2.05, 4.69) is 15.5 Å². The third-order valence-corrected chi connectivity index (χ3v) is 4.58. The Balaban J connectivity index is 1.80. The molecule has 4 nitrogen and oxygen atoms in total. The molecule has 104 valence electrons. The van der Waals surface area contributed by atoms with Crippen LogP contribution in [0, 0.1) is 6.92 Å². The minimum atomic E-state index is -0.113. The number of rotatable bonds is 2. The molecule has 1 N–H and O–H groups in total. The molecule has 1 fully saturated rings. The number of thioether (sulfide) groups is 1. The first-order chi connectivity index (χ1) is 9.72. The number of aromatic nitrogens is 2. The summed E-state index contributed by atoms with van der Waals surface area (Å²) >= 11 is 1.95. The zero-order chi connectivity index (χ0) is 13.9. The lowest BCUT2D eigenvalue weighted by atomic mass is 10.1. The molecule has 1 saturated heterocycles. The summed E-state index contributed by atoms with van der Waals surface area (Å²) in [5, 5.41) is 12.2. The molecule has 1 aliphatic rings. The van der Waals surface area contributed by atoms with Gasteiger partial charge in [-0.3, -0.25) is 4.79 Å². The van der Waals surface area contributed by atoms with E-state index in [0.29, 0.717) is 5.69 Å². The Kier molecular flexibility index (Phi) is 3.87. The Labute approximate surface area is 122 Å². The molecule has 2 heterocycles. The third-order valence-electron chi connectivity index (χ3n) is 3.53. The molecular formula is C15H17N3OS. The number of benzene rings is 1. The van der Waals surface area contributed by atoms with Gasteiger partial charge in [0, 0.05) is 11.4 Å². The van der Waals surface area contributed by atoms with Crippen LogP contribution in [0.15, 0.2) is 24.3 Å². The van der Waals surface area contributed by atoms with Crippen LogP contribution in [0.1, 0.15) is 28.9 Å². The van der Waals surface area contributed by atoms with E-state index < -0.39 is 0 Å². The van der Waals surface area contributed by atoms with Gasteiger partial charge in [0.25, 0.3) is 5.91 Å². The standard InChI is InChI=1S/C15H17N3OS/c1-10-2-3-13-11(8-10)9-14(18-17-13)15(19)16-12-4-6-20-7-5-12/h2-3,8-9,12H,4-7H2,1H3,(H,16,19). The Bertz CT molecular complexity index is 638. The molecule has 0 aliphatic carbocycles. The first-order valence-corrected chi connectivity index (χ1v) is 8.00. The largest absolute Gasteiger partial charge is 0.348 e. The van der Waals surface area contributed by atoms with Crippen molar-refractivity contribution in [2.24, 2.45) is 0 Å². The van der Waals surface area contributed by atoms with Gasteiger partial charge in [0.2, 0.25) is 0 Å². The minimum absolute atomic E-state index is 0.113. The minimum Gasteiger partial charge on any atom is -0.348 e. The van der Waals surface area contributed by atoms with Gasteiger partial charge in [0.15, 0.2) is 5.69 Å². The van der Waals surface area contributed by atoms with E-state index in [-0.39, 0.29) is 11.9 Å². The van der Waals surface area contributed by atoms with Crippen LogP contribution in [0.3, 0.4) is 0 Å². The van der Waals surface area contributed by atoms with E-state index in [0.717, 1.165) is 40.8 Å². The Morgan fingerprint density at radius 1 is 1.25 bits per heavy atom. The molecule has 3 rings (SSSR count). The van der Waals surface area contributed by atoms with E-state index in [4.69, 9.17) is 0 Å². The molecule has 1 amide bonds. The van der Waals surface area contributed by atoms with Crippen molar-refractivity contribution < 1.29 is 4.79 Å². The molecule has 1 aromatic carbocycles. The lowest BCUT2D eigenvalue weighted by Crippen LogP contribution is -2.37. The SMILES string of the molecule is Cc1ccc2nnc(C(=O)NC3CCSCC3)cc2c1. The number of carbonyl (C=O) groups excluding carboxylic acids is 1. The number of hydrogen-bond donors (Lipinski definition) is 1. The van der Waals surface area contributed by atoms with Crippen molar-refractivity contribution in [1.29, 1.82) is 0 Å². The zero-order valence-corrected chi connectivity index (χ0v) is 12.2. The van der Waals surface area contributed by atoms with Gasteiger partial charge in [0.1, 0.15) is 0 Å². The second-order valence-corrected chi connectivity index (χ2v) is 6.38. The highest BCUT2D eigenvalue weighted by Gasteiger charge is 2.18. The van der Waals surface area contributed by atoms with E-state index in [1.165, 1.54) is 0 Å². The smallest absolute Gasteiger partial charge is 0.272 e. The third kappa shape index (κ3) is 2.93. The second kappa shape index (κ2) is 5.79. The number of nitrogens with zero attached hydrogens (tertiary/aromatic N) is 2. The molecule has 1 aromatic heterocycles. The van der Waals surface area contributed by atoms with Crippen LogP contribution >= 0.6 is 11.8 Å². The van der Waals surface area contributed by atoms with Crippen molar-refractivity contribution in [2.75, 3.05) is 11.5 Å². The van der Waals surface area contributed by atoms with Crippen molar-refractivity contribution in [1.82, 2.24) is 15.5 Å². The average molecular weight is 287 g/mol. The Morgan fingerprint density at radius 3 is 2.85 bits per heavy atom. The van der Waals surface area contributed by atoms with Crippen molar-refractivity contribution in [3.05, 3.63) is 35.5 Å². The van der Waals surface area contributed by atoms with E-state index in [9.17, 15) is 4.79 Å². The average Bonchev–Trinajstić information content (AvgIpc) is 2.47. The molecule has 5 heteroatoms. The van der Waals surface area contributed by atoms with Crippen LogP contribution in [0.2, 0.25) is 0 Å². The van der Waals surface area contributed by atoms with Crippen molar-refractivity contribution in [2.45, 2.75) is 25.8 Å². The number of carbonyl (C=O) groups is 1. The Hall–Kier alpha value is -1.62. The molecular weight excluding hydrogens is 270 g/mol. The van der Waals surface area contributed by atoms with E-state index in [1.807, 2.05) is 43.0 Å². The first kappa shape index (κ1) is 13.4. The number of aryl methyl sites for hydroxylation is 1. The van der Waals surface area contributed by atoms with Crippen LogP contribution in [0.5, 0.6) is 0 Å². The van der Waals surface area contributed by atoms with Crippen LogP contribution in [0.4, 0.5) is 0 Å². The summed E-state index contributed by atoms with van der Waals surface area (Å²) in [6.45, 7) is 2.03. The quantitative estimate of drug-likeness (QED) is 0.922. The molecule has 20 heavy (non-hydrogen) atoms. The van der Waals surface area contributed by atoms with Crippen LogP contribution in [0.25, 0.3) is 10.9 Å². The van der Waals surface area contributed by atoms with E-state index >= 15 is 0 Å². The zero-order valence-electron chi connectivity index (χ0n) is 11.4. The molecule has 0 saturated carbocycles. The summed E-state index contributed by atoms with van der Waals surface area (Å²) in [6.07, 6.45) is 2.08. The fourth-order valence-corrected chi connectivity index (χ4v) is 3.48. The predicted octanol–water partition coefficient (Wildman–Crippen LogP) is 2.56. The highest BCUT2D eigenvalue weighted by Crippen LogP contribution is 2.18. The molecule has 0 bridgehead atoms. The predicted molar refractivity (Wildman–Crippen MR) is 82.1 cm³/mol. The molecule has 0 atom stereocenters. The molecule has 0 spiro atoms. The summed E-state index contributed by atoms with van der Waals surface area (Å²) in [4.78, 5) is 12.2. The lowest BCUT2D eigenvalue weighted by molar-refractivity contribution is 0.0929. The molecule has 0 unspecified atom stereocenters. The summed E-state index contributed by atoms with van der Waals surface area (Å²) in [5.41, 5.74) is 2.38. The summed E-state index contributed by atoms with van der Waals surface area (Å²) in [6, 6.07) is 8.05. The number of amides is 1. The molecule has 1 aliphatic heterocycles. The van der Waals surface area contributed by atoms with Gasteiger partial charge in [-0.1, -0.05) is 11.6 Å². The maximum absolute atomic E-state index is 12.2. The summed E-state index contributed by atoms with van der Waals surface area (Å²) in [7, 11) is 0. The van der Waals surface area contributed by atoms with Gasteiger partial charge in [-0.25, -0.2) is 0 Å². The van der Waals surface area contributed by atoms with Gasteiger partial charge in [-0.05, 0) is 49.5 Å². The number of nitrogens with one attached hydrogen (secondary N) is 1. The first-order valence-electron chi connectivity index (χ1n) is 6.85. The van der Waals surface area contributed by atoms with Gasteiger partial charge in [-0.2, -0.15) is 11.8 Å². The van der Waals surface area contributed by atoms with Crippen molar-refractivity contribution >= 4 is 28.6 Å². The fourth-order valence-electron chi connectivity index (χ4n) is 2.38. The topological polar surface area (TPSA) is 54.9 Å². The second-order valence-electron chi connectivity index (χ2n) is 5.15. The molecule has 0 radical (unpaired) electrons. The van der Waals surface area contributed by atoms with Gasteiger partial charge in [-0.15, -0.1) is 10.2 Å². The fraction of sp³-hybridized carbons (Fsp3) is 0.400. The maximum Gasteiger partial charge on any atom is 0.272 e. The van der Waals surface area contributed by atoms with E-state index in [1.54, 1.807) is 0 Å². The number of fused-ring (bicyclic) bond motifs is 1. The van der Waals surface area contributed by atoms with Crippen molar-refractivity contribution in [3.63, 3.8) is 0 Å². The Morgan fingerprint density at radius 2 is 2.05 bits per heavy atom.